The number of carbonyl (C=O) groups is 1. The molecule has 1 aromatic heterocycles. The molecule has 0 spiro atoms. The zero-order valence-electron chi connectivity index (χ0n) is 13.9. The standard InChI is InChI=1S/C18H16FN3O3S/c1-12-4-9-16(15-3-2-10-20-18(12)15)26(24,25)21-11-17(23)22-14-7-5-13(19)6-8-14/h2-10,21H,11H2,1H3,(H,22,23). The molecule has 0 aliphatic heterocycles. The fourth-order valence-corrected chi connectivity index (χ4v) is 3.68. The second kappa shape index (κ2) is 7.19. The van der Waals surface area contributed by atoms with Crippen LogP contribution in [0.3, 0.4) is 0 Å². The minimum atomic E-state index is -3.91. The predicted molar refractivity (Wildman–Crippen MR) is 96.7 cm³/mol. The van der Waals surface area contributed by atoms with Crippen LogP contribution in [0, 0.1) is 12.7 Å². The molecule has 2 N–H and O–H groups in total. The van der Waals surface area contributed by atoms with E-state index >= 15 is 0 Å². The summed E-state index contributed by atoms with van der Waals surface area (Å²) in [4.78, 5) is 16.2. The number of fused-ring (bicyclic) bond motifs is 1. The maximum Gasteiger partial charge on any atom is 0.241 e. The van der Waals surface area contributed by atoms with Crippen molar-refractivity contribution in [2.75, 3.05) is 11.9 Å². The Morgan fingerprint density at radius 1 is 1.12 bits per heavy atom. The highest BCUT2D eigenvalue weighted by molar-refractivity contribution is 7.89. The number of hydrogen-bond donors (Lipinski definition) is 2. The van der Waals surface area contributed by atoms with Crippen LogP contribution in [-0.2, 0) is 14.8 Å². The quantitative estimate of drug-likeness (QED) is 0.720. The number of anilines is 1. The molecule has 3 aromatic rings. The lowest BCUT2D eigenvalue weighted by atomic mass is 10.1. The molecular formula is C18H16FN3O3S. The number of nitrogens with one attached hydrogen (secondary N) is 2. The number of benzene rings is 2. The summed E-state index contributed by atoms with van der Waals surface area (Å²) in [7, 11) is -3.91. The number of sulfonamides is 1. The number of amides is 1. The van der Waals surface area contributed by atoms with Crippen LogP contribution in [0.5, 0.6) is 0 Å². The Kier molecular flexibility index (Phi) is 4.97. The lowest BCUT2D eigenvalue weighted by Crippen LogP contribution is -2.33. The van der Waals surface area contributed by atoms with E-state index in [2.05, 4.69) is 15.0 Å². The number of halogens is 1. The normalized spacial score (nSPS) is 11.5. The molecule has 1 amide bonds. The Morgan fingerprint density at radius 2 is 1.85 bits per heavy atom. The van der Waals surface area contributed by atoms with Gasteiger partial charge in [0.05, 0.1) is 17.0 Å². The van der Waals surface area contributed by atoms with Crippen molar-refractivity contribution in [3.8, 4) is 0 Å². The SMILES string of the molecule is Cc1ccc(S(=O)(=O)NCC(=O)Nc2ccc(F)cc2)c2cccnc12. The largest absolute Gasteiger partial charge is 0.325 e. The summed E-state index contributed by atoms with van der Waals surface area (Å²) in [6, 6.07) is 11.7. The number of pyridine rings is 1. The second-order valence-electron chi connectivity index (χ2n) is 5.66. The average molecular weight is 373 g/mol. The van der Waals surface area contributed by atoms with E-state index < -0.39 is 28.3 Å². The second-order valence-corrected chi connectivity index (χ2v) is 7.40. The Labute approximate surface area is 150 Å². The molecule has 26 heavy (non-hydrogen) atoms. The minimum absolute atomic E-state index is 0.0563. The van der Waals surface area contributed by atoms with Gasteiger partial charge in [0, 0.05) is 17.3 Å². The summed E-state index contributed by atoms with van der Waals surface area (Å²) >= 11 is 0. The van der Waals surface area contributed by atoms with Crippen molar-refractivity contribution in [2.24, 2.45) is 0 Å². The molecule has 3 rings (SSSR count). The first-order chi connectivity index (χ1) is 12.4. The maximum atomic E-state index is 12.9. The van der Waals surface area contributed by atoms with Gasteiger partial charge in [0.1, 0.15) is 5.82 Å². The van der Waals surface area contributed by atoms with Crippen LogP contribution in [0.4, 0.5) is 10.1 Å². The molecule has 134 valence electrons. The van der Waals surface area contributed by atoms with Crippen LogP contribution in [-0.4, -0.2) is 25.9 Å². The van der Waals surface area contributed by atoms with Gasteiger partial charge >= 0.3 is 0 Å². The van der Waals surface area contributed by atoms with Gasteiger partial charge in [-0.05, 0) is 55.0 Å². The van der Waals surface area contributed by atoms with Gasteiger partial charge in [-0.25, -0.2) is 17.5 Å². The van der Waals surface area contributed by atoms with Gasteiger partial charge in [0.15, 0.2) is 0 Å². The van der Waals surface area contributed by atoms with Crippen LogP contribution < -0.4 is 10.0 Å². The van der Waals surface area contributed by atoms with Gasteiger partial charge in [-0.3, -0.25) is 9.78 Å². The predicted octanol–water partition coefficient (Wildman–Crippen LogP) is 2.60. The molecule has 0 atom stereocenters. The molecule has 6 nitrogen and oxygen atoms in total. The molecule has 0 unspecified atom stereocenters. The summed E-state index contributed by atoms with van der Waals surface area (Å²) < 4.78 is 40.3. The molecule has 0 saturated heterocycles. The van der Waals surface area contributed by atoms with E-state index in [-0.39, 0.29) is 4.90 Å². The third-order valence-corrected chi connectivity index (χ3v) is 5.23. The van der Waals surface area contributed by atoms with Gasteiger partial charge in [0.2, 0.25) is 15.9 Å². The summed E-state index contributed by atoms with van der Waals surface area (Å²) in [5, 5.41) is 2.98. The zero-order chi connectivity index (χ0) is 18.7. The number of hydrogen-bond acceptors (Lipinski definition) is 4. The number of aryl methyl sites for hydroxylation is 1. The Morgan fingerprint density at radius 3 is 2.58 bits per heavy atom. The number of aromatic nitrogens is 1. The van der Waals surface area contributed by atoms with Crippen LogP contribution >= 0.6 is 0 Å². The summed E-state index contributed by atoms with van der Waals surface area (Å²) in [6.07, 6.45) is 1.59. The minimum Gasteiger partial charge on any atom is -0.325 e. The molecule has 0 bridgehead atoms. The average Bonchev–Trinajstić information content (AvgIpc) is 2.62. The van der Waals surface area contributed by atoms with Gasteiger partial charge < -0.3 is 5.32 Å². The van der Waals surface area contributed by atoms with E-state index in [1.165, 1.54) is 30.3 Å². The first-order valence-corrected chi connectivity index (χ1v) is 9.24. The van der Waals surface area contributed by atoms with Crippen LogP contribution in [0.1, 0.15) is 5.56 Å². The molecule has 1 heterocycles. The monoisotopic (exact) mass is 373 g/mol. The molecule has 0 radical (unpaired) electrons. The lowest BCUT2D eigenvalue weighted by Gasteiger charge is -2.11. The van der Waals surface area contributed by atoms with Gasteiger partial charge in [-0.1, -0.05) is 6.07 Å². The maximum absolute atomic E-state index is 12.9. The van der Waals surface area contributed by atoms with Crippen molar-refractivity contribution in [1.82, 2.24) is 9.71 Å². The first kappa shape index (κ1) is 18.0. The van der Waals surface area contributed by atoms with Crippen molar-refractivity contribution >= 4 is 32.5 Å². The van der Waals surface area contributed by atoms with Crippen LogP contribution in [0.25, 0.3) is 10.9 Å². The lowest BCUT2D eigenvalue weighted by molar-refractivity contribution is -0.115. The van der Waals surface area contributed by atoms with Crippen LogP contribution in [0.2, 0.25) is 0 Å². The summed E-state index contributed by atoms with van der Waals surface area (Å²) in [5.41, 5.74) is 1.82. The van der Waals surface area contributed by atoms with Crippen molar-refractivity contribution in [1.29, 1.82) is 0 Å². The van der Waals surface area contributed by atoms with Gasteiger partial charge in [-0.2, -0.15) is 0 Å². The highest BCUT2D eigenvalue weighted by Gasteiger charge is 2.19. The van der Waals surface area contributed by atoms with E-state index in [9.17, 15) is 17.6 Å². The van der Waals surface area contributed by atoms with Gasteiger partial charge in [-0.15, -0.1) is 0 Å². The molecular weight excluding hydrogens is 357 g/mol. The van der Waals surface area contributed by atoms with Crippen molar-refractivity contribution in [3.05, 3.63) is 66.1 Å². The molecule has 8 heteroatoms. The fraction of sp³-hybridized carbons (Fsp3) is 0.111. The Balaban J connectivity index is 1.76. The zero-order valence-corrected chi connectivity index (χ0v) is 14.7. The van der Waals surface area contributed by atoms with Crippen molar-refractivity contribution in [2.45, 2.75) is 11.8 Å². The molecule has 2 aromatic carbocycles. The van der Waals surface area contributed by atoms with Crippen molar-refractivity contribution in [3.63, 3.8) is 0 Å². The van der Waals surface area contributed by atoms with E-state index in [0.29, 0.717) is 16.6 Å². The third kappa shape index (κ3) is 3.87. The van der Waals surface area contributed by atoms with E-state index in [0.717, 1.165) is 5.56 Å². The third-order valence-electron chi connectivity index (χ3n) is 3.77. The van der Waals surface area contributed by atoms with Crippen LogP contribution in [0.15, 0.2) is 59.6 Å². The van der Waals surface area contributed by atoms with E-state index in [1.54, 1.807) is 24.4 Å². The number of carbonyl (C=O) groups excluding carboxylic acids is 1. The summed E-state index contributed by atoms with van der Waals surface area (Å²) in [5.74, 6) is -0.988. The van der Waals surface area contributed by atoms with Crippen molar-refractivity contribution < 1.29 is 17.6 Å². The Hall–Kier alpha value is -2.84. The number of nitrogens with zero attached hydrogens (tertiary/aromatic N) is 1. The Bertz CT molecular complexity index is 1070. The highest BCUT2D eigenvalue weighted by atomic mass is 32.2. The molecule has 0 aliphatic rings. The highest BCUT2D eigenvalue weighted by Crippen LogP contribution is 2.23. The number of rotatable bonds is 5. The smallest absolute Gasteiger partial charge is 0.241 e. The fourth-order valence-electron chi connectivity index (χ4n) is 2.50. The molecule has 0 saturated carbocycles. The molecule has 0 fully saturated rings. The van der Waals surface area contributed by atoms with E-state index in [1.807, 2.05) is 6.92 Å². The molecule has 0 aliphatic carbocycles. The first-order valence-electron chi connectivity index (χ1n) is 7.76. The van der Waals surface area contributed by atoms with E-state index in [4.69, 9.17) is 0 Å². The summed E-state index contributed by atoms with van der Waals surface area (Å²) in [6.45, 7) is 1.39. The topological polar surface area (TPSA) is 88.2 Å². The van der Waals surface area contributed by atoms with Gasteiger partial charge in [0.25, 0.3) is 0 Å².